The van der Waals surface area contributed by atoms with Gasteiger partial charge in [0.15, 0.2) is 0 Å². The molecule has 3 heteroatoms. The standard InChI is InChI=1S/C19H22N2O/c1-2-9-18(17-12-7-4-8-13-17)20-21-19(22)15-14-16-10-5-3-6-11-16/h3-8,10-13H,2,9,14-15H2,1H3,(H,21,22)/b20-18+. The summed E-state index contributed by atoms with van der Waals surface area (Å²) < 4.78 is 0. The molecule has 2 aromatic carbocycles. The lowest BCUT2D eigenvalue weighted by molar-refractivity contribution is -0.121. The van der Waals surface area contributed by atoms with E-state index in [4.69, 9.17) is 0 Å². The Labute approximate surface area is 132 Å². The van der Waals surface area contributed by atoms with Crippen molar-refractivity contribution in [3.8, 4) is 0 Å². The fourth-order valence-electron chi connectivity index (χ4n) is 2.22. The molecular formula is C19H22N2O. The molecule has 0 heterocycles. The lowest BCUT2D eigenvalue weighted by Gasteiger charge is -2.06. The quantitative estimate of drug-likeness (QED) is 0.610. The molecule has 2 rings (SSSR count). The maximum Gasteiger partial charge on any atom is 0.240 e. The molecule has 1 N–H and O–H groups in total. The van der Waals surface area contributed by atoms with E-state index in [1.54, 1.807) is 0 Å². The summed E-state index contributed by atoms with van der Waals surface area (Å²) >= 11 is 0. The first kappa shape index (κ1) is 16.0. The highest BCUT2D eigenvalue weighted by Gasteiger charge is 2.05. The molecule has 0 aliphatic carbocycles. The van der Waals surface area contributed by atoms with Crippen molar-refractivity contribution < 1.29 is 4.79 Å². The van der Waals surface area contributed by atoms with Crippen LogP contribution in [0, 0.1) is 0 Å². The summed E-state index contributed by atoms with van der Waals surface area (Å²) in [5, 5.41) is 4.31. The highest BCUT2D eigenvalue weighted by Crippen LogP contribution is 2.06. The first-order chi connectivity index (χ1) is 10.8. The molecule has 0 aliphatic rings. The summed E-state index contributed by atoms with van der Waals surface area (Å²) in [7, 11) is 0. The molecule has 0 unspecified atom stereocenters. The van der Waals surface area contributed by atoms with E-state index in [2.05, 4.69) is 17.5 Å². The number of amides is 1. The van der Waals surface area contributed by atoms with E-state index in [1.165, 1.54) is 5.56 Å². The number of carbonyl (C=O) groups excluding carboxylic acids is 1. The smallest absolute Gasteiger partial charge is 0.240 e. The van der Waals surface area contributed by atoms with Crippen molar-refractivity contribution in [2.75, 3.05) is 0 Å². The molecule has 2 aromatic rings. The second-order valence-corrected chi connectivity index (χ2v) is 5.20. The van der Waals surface area contributed by atoms with Crippen LogP contribution in [0.4, 0.5) is 0 Å². The molecule has 0 atom stereocenters. The van der Waals surface area contributed by atoms with E-state index in [0.717, 1.165) is 30.5 Å². The molecule has 0 aromatic heterocycles. The maximum atomic E-state index is 11.9. The first-order valence-electron chi connectivity index (χ1n) is 7.74. The second kappa shape index (κ2) is 8.78. The van der Waals surface area contributed by atoms with Gasteiger partial charge in [-0.15, -0.1) is 0 Å². The Bertz CT molecular complexity index is 606. The van der Waals surface area contributed by atoms with E-state index in [0.29, 0.717) is 6.42 Å². The van der Waals surface area contributed by atoms with Crippen molar-refractivity contribution >= 4 is 11.6 Å². The number of hydrogen-bond acceptors (Lipinski definition) is 2. The van der Waals surface area contributed by atoms with Crippen LogP contribution in [0.25, 0.3) is 0 Å². The van der Waals surface area contributed by atoms with Gasteiger partial charge in [0, 0.05) is 6.42 Å². The molecule has 0 spiro atoms. The summed E-state index contributed by atoms with van der Waals surface area (Å²) in [4.78, 5) is 11.9. The Balaban J connectivity index is 1.91. The van der Waals surface area contributed by atoms with Gasteiger partial charge in [0.25, 0.3) is 0 Å². The lowest BCUT2D eigenvalue weighted by Crippen LogP contribution is -2.20. The minimum absolute atomic E-state index is 0.0478. The van der Waals surface area contributed by atoms with Crippen LogP contribution in [-0.2, 0) is 11.2 Å². The van der Waals surface area contributed by atoms with Gasteiger partial charge in [-0.2, -0.15) is 5.10 Å². The van der Waals surface area contributed by atoms with Crippen LogP contribution < -0.4 is 5.43 Å². The number of rotatable bonds is 7. The van der Waals surface area contributed by atoms with Gasteiger partial charge in [-0.3, -0.25) is 4.79 Å². The zero-order valence-electron chi connectivity index (χ0n) is 13.0. The number of nitrogens with one attached hydrogen (secondary N) is 1. The van der Waals surface area contributed by atoms with Gasteiger partial charge in [0.2, 0.25) is 5.91 Å². The van der Waals surface area contributed by atoms with Gasteiger partial charge in [-0.1, -0.05) is 74.0 Å². The largest absolute Gasteiger partial charge is 0.273 e. The topological polar surface area (TPSA) is 41.5 Å². The molecule has 0 radical (unpaired) electrons. The van der Waals surface area contributed by atoms with Crippen molar-refractivity contribution in [1.82, 2.24) is 5.43 Å². The van der Waals surface area contributed by atoms with Crippen LogP contribution >= 0.6 is 0 Å². The van der Waals surface area contributed by atoms with Gasteiger partial charge in [-0.05, 0) is 24.0 Å². The van der Waals surface area contributed by atoms with Crippen molar-refractivity contribution in [3.05, 3.63) is 71.8 Å². The van der Waals surface area contributed by atoms with E-state index in [9.17, 15) is 4.79 Å². The fourth-order valence-corrected chi connectivity index (χ4v) is 2.22. The monoisotopic (exact) mass is 294 g/mol. The molecule has 3 nitrogen and oxygen atoms in total. The van der Waals surface area contributed by atoms with Gasteiger partial charge in [0.1, 0.15) is 0 Å². The number of hydrazone groups is 1. The minimum Gasteiger partial charge on any atom is -0.273 e. The normalized spacial score (nSPS) is 11.2. The zero-order chi connectivity index (χ0) is 15.6. The fraction of sp³-hybridized carbons (Fsp3) is 0.263. The number of benzene rings is 2. The van der Waals surface area contributed by atoms with Gasteiger partial charge in [-0.25, -0.2) is 5.43 Å². The molecule has 0 saturated heterocycles. The summed E-state index contributed by atoms with van der Waals surface area (Å²) in [6.45, 7) is 2.11. The predicted octanol–water partition coefficient (Wildman–Crippen LogP) is 3.94. The van der Waals surface area contributed by atoms with E-state index in [1.807, 2.05) is 60.7 Å². The number of carbonyl (C=O) groups is 1. The third-order valence-electron chi connectivity index (χ3n) is 3.39. The van der Waals surface area contributed by atoms with Crippen LogP contribution in [-0.4, -0.2) is 11.6 Å². The molecule has 0 fully saturated rings. The van der Waals surface area contributed by atoms with Gasteiger partial charge < -0.3 is 0 Å². The van der Waals surface area contributed by atoms with Crippen molar-refractivity contribution in [2.24, 2.45) is 5.10 Å². The van der Waals surface area contributed by atoms with Crippen molar-refractivity contribution in [1.29, 1.82) is 0 Å². The Morgan fingerprint density at radius 3 is 2.23 bits per heavy atom. The van der Waals surface area contributed by atoms with Crippen molar-refractivity contribution in [3.63, 3.8) is 0 Å². The predicted molar refractivity (Wildman–Crippen MR) is 90.8 cm³/mol. The van der Waals surface area contributed by atoms with Crippen LogP contribution in [0.15, 0.2) is 65.8 Å². The van der Waals surface area contributed by atoms with Gasteiger partial charge in [0.05, 0.1) is 5.71 Å². The maximum absolute atomic E-state index is 11.9. The molecule has 22 heavy (non-hydrogen) atoms. The van der Waals surface area contributed by atoms with E-state index in [-0.39, 0.29) is 5.91 Å². The number of nitrogens with zero attached hydrogens (tertiary/aromatic N) is 1. The highest BCUT2D eigenvalue weighted by atomic mass is 16.2. The molecule has 114 valence electrons. The zero-order valence-corrected chi connectivity index (χ0v) is 13.0. The number of aryl methyl sites for hydroxylation is 1. The van der Waals surface area contributed by atoms with Crippen molar-refractivity contribution in [2.45, 2.75) is 32.6 Å². The first-order valence-corrected chi connectivity index (χ1v) is 7.74. The molecular weight excluding hydrogens is 272 g/mol. The van der Waals surface area contributed by atoms with E-state index < -0.39 is 0 Å². The average molecular weight is 294 g/mol. The molecule has 0 aliphatic heterocycles. The molecule has 0 bridgehead atoms. The summed E-state index contributed by atoms with van der Waals surface area (Å²) in [5.41, 5.74) is 5.84. The highest BCUT2D eigenvalue weighted by molar-refractivity contribution is 6.01. The van der Waals surface area contributed by atoms with Crippen LogP contribution in [0.5, 0.6) is 0 Å². The Morgan fingerprint density at radius 1 is 0.955 bits per heavy atom. The molecule has 0 saturated carbocycles. The van der Waals surface area contributed by atoms with Gasteiger partial charge >= 0.3 is 0 Å². The Kier molecular flexibility index (Phi) is 6.37. The Morgan fingerprint density at radius 2 is 1.59 bits per heavy atom. The summed E-state index contributed by atoms with van der Waals surface area (Å²) in [5.74, 6) is -0.0478. The third-order valence-corrected chi connectivity index (χ3v) is 3.39. The third kappa shape index (κ3) is 5.17. The summed E-state index contributed by atoms with van der Waals surface area (Å²) in [6, 6.07) is 20.0. The Hall–Kier alpha value is -2.42. The lowest BCUT2D eigenvalue weighted by atomic mass is 10.1. The second-order valence-electron chi connectivity index (χ2n) is 5.20. The van der Waals surface area contributed by atoms with E-state index >= 15 is 0 Å². The summed E-state index contributed by atoms with van der Waals surface area (Å²) in [6.07, 6.45) is 3.02. The number of hydrogen-bond donors (Lipinski definition) is 1. The van der Waals surface area contributed by atoms with Crippen LogP contribution in [0.2, 0.25) is 0 Å². The SMILES string of the molecule is CCC/C(=N\NC(=O)CCc1ccccc1)c1ccccc1. The average Bonchev–Trinajstić information content (AvgIpc) is 2.58. The minimum atomic E-state index is -0.0478. The van der Waals surface area contributed by atoms with Crippen LogP contribution in [0.1, 0.15) is 37.3 Å². The van der Waals surface area contributed by atoms with Crippen LogP contribution in [0.3, 0.4) is 0 Å². The molecule has 1 amide bonds.